The highest BCUT2D eigenvalue weighted by Crippen LogP contribution is 2.60. The predicted octanol–water partition coefficient (Wildman–Crippen LogP) is 3.21. The number of aliphatic carboxylic acids is 1. The van der Waals surface area contributed by atoms with Crippen molar-refractivity contribution in [2.45, 2.75) is 44.3 Å². The van der Waals surface area contributed by atoms with Gasteiger partial charge < -0.3 is 34.4 Å². The molecule has 17 nitrogen and oxygen atoms in total. The number of carbonyl (C=O) groups excluding carboxylic acids is 2. The van der Waals surface area contributed by atoms with Gasteiger partial charge in [-0.05, 0) is 36.8 Å². The van der Waals surface area contributed by atoms with Crippen LogP contribution in [0.3, 0.4) is 0 Å². The summed E-state index contributed by atoms with van der Waals surface area (Å²) < 4.78 is 52.6. The number of rotatable bonds is 16. The van der Waals surface area contributed by atoms with Gasteiger partial charge in [-0.25, -0.2) is 23.3 Å². The van der Waals surface area contributed by atoms with E-state index in [0.717, 1.165) is 11.0 Å². The summed E-state index contributed by atoms with van der Waals surface area (Å²) >= 11 is 0. The average molecular weight is 710 g/mol. The molecule has 1 aliphatic heterocycles. The zero-order valence-corrected chi connectivity index (χ0v) is 27.2. The molecule has 4 N–H and O–H groups in total. The van der Waals surface area contributed by atoms with Crippen molar-refractivity contribution in [1.29, 1.82) is 0 Å². The van der Waals surface area contributed by atoms with Gasteiger partial charge in [-0.15, -0.1) is 0 Å². The molecular weight excluding hydrogens is 676 g/mol. The second-order valence-corrected chi connectivity index (χ2v) is 13.9. The maximum atomic E-state index is 13.3. The number of phosphoric acid groups is 1. The molecule has 1 saturated heterocycles. The predicted molar refractivity (Wildman–Crippen MR) is 166 cm³/mol. The zero-order valence-electron chi connectivity index (χ0n) is 25.4. The number of nitrogens with zero attached hydrogens (tertiary/aromatic N) is 2. The van der Waals surface area contributed by atoms with Gasteiger partial charge in [0.25, 0.3) is 0 Å². The largest absolute Gasteiger partial charge is 0.481 e. The summed E-state index contributed by atoms with van der Waals surface area (Å²) in [5, 5.41) is 11.7. The van der Waals surface area contributed by atoms with Crippen molar-refractivity contribution in [2.75, 3.05) is 24.6 Å². The van der Waals surface area contributed by atoms with E-state index in [1.54, 1.807) is 36.4 Å². The minimum absolute atomic E-state index is 0.0785. The molecule has 19 heteroatoms. The third-order valence-corrected chi connectivity index (χ3v) is 9.80. The first kappa shape index (κ1) is 36.6. The van der Waals surface area contributed by atoms with Crippen LogP contribution in [-0.2, 0) is 37.0 Å². The molecule has 6 atom stereocenters. The van der Waals surface area contributed by atoms with Gasteiger partial charge in [0, 0.05) is 12.7 Å². The van der Waals surface area contributed by atoms with Crippen LogP contribution >= 0.6 is 15.4 Å². The lowest BCUT2D eigenvalue weighted by molar-refractivity contribution is -0.136. The van der Waals surface area contributed by atoms with Crippen LogP contribution in [0.25, 0.3) is 0 Å². The van der Waals surface area contributed by atoms with Crippen molar-refractivity contribution < 1.29 is 61.5 Å². The number of carboxylic acid groups (broad SMARTS) is 1. The topological polar surface area (TPSA) is 239 Å². The van der Waals surface area contributed by atoms with E-state index in [1.165, 1.54) is 36.5 Å². The third-order valence-electron chi connectivity index (χ3n) is 6.69. The van der Waals surface area contributed by atoms with Gasteiger partial charge in [0.05, 0.1) is 30.3 Å². The average Bonchev–Trinajstić information content (AvgIpc) is 3.38. The Labute approximate surface area is 273 Å². The Bertz CT molecular complexity index is 1740. The summed E-state index contributed by atoms with van der Waals surface area (Å²) in [6.07, 6.45) is -6.06. The maximum absolute atomic E-state index is 13.3. The van der Waals surface area contributed by atoms with Crippen LogP contribution in [0.15, 0.2) is 77.7 Å². The molecule has 3 unspecified atom stereocenters. The molecule has 1 aromatic heterocycles. The second kappa shape index (κ2) is 16.3. The van der Waals surface area contributed by atoms with Gasteiger partial charge in [0.2, 0.25) is 0 Å². The highest BCUT2D eigenvalue weighted by Gasteiger charge is 2.52. The van der Waals surface area contributed by atoms with Crippen molar-refractivity contribution in [2.24, 2.45) is 0 Å². The highest BCUT2D eigenvalue weighted by molar-refractivity contribution is 7.64. The minimum atomic E-state index is -5.38. The number of nitrogens with one attached hydrogen (secondary N) is 1. The van der Waals surface area contributed by atoms with E-state index in [1.807, 2.05) is 6.92 Å². The minimum Gasteiger partial charge on any atom is -0.481 e. The molecule has 1 fully saturated rings. The van der Waals surface area contributed by atoms with Gasteiger partial charge in [0.1, 0.15) is 11.9 Å². The van der Waals surface area contributed by atoms with Crippen molar-refractivity contribution in [3.8, 4) is 0 Å². The Morgan fingerprint density at radius 2 is 1.52 bits per heavy atom. The molecule has 0 aliphatic carbocycles. The number of carboxylic acids is 1. The molecule has 48 heavy (non-hydrogen) atoms. The Hall–Kier alpha value is -4.21. The van der Waals surface area contributed by atoms with E-state index in [9.17, 15) is 38.1 Å². The first-order chi connectivity index (χ1) is 22.8. The van der Waals surface area contributed by atoms with Crippen molar-refractivity contribution in [1.82, 2.24) is 9.55 Å². The molecule has 0 amide bonds. The Balaban J connectivity index is 1.69. The van der Waals surface area contributed by atoms with Crippen LogP contribution < -0.4 is 11.0 Å². The van der Waals surface area contributed by atoms with Crippen LogP contribution in [0.1, 0.15) is 46.7 Å². The van der Waals surface area contributed by atoms with Gasteiger partial charge in [-0.3, -0.25) is 18.5 Å². The molecule has 258 valence electrons. The summed E-state index contributed by atoms with van der Waals surface area (Å²) in [7, 11) is -10.3. The van der Waals surface area contributed by atoms with Crippen LogP contribution in [0, 0.1) is 0 Å². The SMILES string of the molecule is CCCNc1ccn([C@@H]2O[C@H](COP(=O)(O)OP(=O)(O)CCC(=O)O)C(OC(=O)c3ccccc3)[C@@H]2OC(=O)c2ccccc2)c(=O)n1. The summed E-state index contributed by atoms with van der Waals surface area (Å²) in [6.45, 7) is 1.47. The van der Waals surface area contributed by atoms with E-state index < -0.39 is 82.7 Å². The summed E-state index contributed by atoms with van der Waals surface area (Å²) in [6, 6.07) is 16.8. The molecule has 2 heterocycles. The molecule has 0 saturated carbocycles. The second-order valence-electron chi connectivity index (χ2n) is 10.3. The van der Waals surface area contributed by atoms with Crippen molar-refractivity contribution in [3.05, 3.63) is 94.5 Å². The lowest BCUT2D eigenvalue weighted by Gasteiger charge is -2.25. The van der Waals surface area contributed by atoms with E-state index in [-0.39, 0.29) is 16.9 Å². The van der Waals surface area contributed by atoms with Crippen LogP contribution in [0.5, 0.6) is 0 Å². The maximum Gasteiger partial charge on any atom is 0.479 e. The van der Waals surface area contributed by atoms with E-state index in [0.29, 0.717) is 6.54 Å². The number of carbonyl (C=O) groups is 3. The third kappa shape index (κ3) is 10.1. The number of benzene rings is 2. The fourth-order valence-corrected chi connectivity index (χ4v) is 7.07. The standard InChI is InChI=1S/C29H33N3O14P2/c1-2-15-30-22-13-16-32(29(37)31-22)26-25(45-28(36)20-11-7-4-8-12-20)24(44-27(35)19-9-5-3-6-10-19)21(43-26)18-42-48(40,41)46-47(38,39)17-14-23(33)34/h3-13,16,21,24-26H,2,14-15,17-18H2,1H3,(H,33,34)(H,38,39)(H,40,41)(H,30,31,37)/t21-,24?,25+,26-/m1/s1. The summed E-state index contributed by atoms with van der Waals surface area (Å²) in [5.41, 5.74) is -0.677. The van der Waals surface area contributed by atoms with Gasteiger partial charge >= 0.3 is 39.0 Å². The van der Waals surface area contributed by atoms with Crippen molar-refractivity contribution >= 4 is 39.1 Å². The molecule has 3 aromatic rings. The Morgan fingerprint density at radius 1 is 0.938 bits per heavy atom. The molecule has 2 aromatic carbocycles. The number of aromatic nitrogens is 2. The van der Waals surface area contributed by atoms with Crippen LogP contribution in [0.2, 0.25) is 0 Å². The number of phosphoric ester groups is 1. The van der Waals surface area contributed by atoms with Crippen LogP contribution in [-0.4, -0.2) is 80.0 Å². The Kier molecular flexibility index (Phi) is 12.4. The fourth-order valence-electron chi connectivity index (χ4n) is 4.45. The number of anilines is 1. The fraction of sp³-hybridized carbons (Fsp3) is 0.345. The Morgan fingerprint density at radius 3 is 2.06 bits per heavy atom. The summed E-state index contributed by atoms with van der Waals surface area (Å²) in [4.78, 5) is 74.5. The lowest BCUT2D eigenvalue weighted by Crippen LogP contribution is -2.42. The van der Waals surface area contributed by atoms with Gasteiger partial charge in [-0.2, -0.15) is 4.98 Å². The van der Waals surface area contributed by atoms with Gasteiger partial charge in [-0.1, -0.05) is 43.3 Å². The molecule has 1 aliphatic rings. The highest BCUT2D eigenvalue weighted by atomic mass is 31.3. The first-order valence-electron chi connectivity index (χ1n) is 14.5. The monoisotopic (exact) mass is 709 g/mol. The van der Waals surface area contributed by atoms with Crippen LogP contribution in [0.4, 0.5) is 5.82 Å². The quantitative estimate of drug-likeness (QED) is 0.123. The number of ether oxygens (including phenoxy) is 3. The molecule has 0 spiro atoms. The molecule has 0 radical (unpaired) electrons. The van der Waals surface area contributed by atoms with Gasteiger partial charge in [0.15, 0.2) is 18.4 Å². The summed E-state index contributed by atoms with van der Waals surface area (Å²) in [5.74, 6) is -3.02. The van der Waals surface area contributed by atoms with E-state index >= 15 is 0 Å². The number of hydrogen-bond donors (Lipinski definition) is 4. The first-order valence-corrected chi connectivity index (χ1v) is 17.8. The smallest absolute Gasteiger partial charge is 0.479 e. The molecule has 0 bridgehead atoms. The molecular formula is C29H33N3O14P2. The van der Waals surface area contributed by atoms with Crippen molar-refractivity contribution in [3.63, 3.8) is 0 Å². The van der Waals surface area contributed by atoms with E-state index in [4.69, 9.17) is 23.8 Å². The zero-order chi connectivity index (χ0) is 34.9. The normalized spacial score (nSPS) is 21.4. The van der Waals surface area contributed by atoms with E-state index in [2.05, 4.69) is 14.6 Å². The molecule has 4 rings (SSSR count). The lowest BCUT2D eigenvalue weighted by atomic mass is 10.1. The number of hydrogen-bond acceptors (Lipinski definition) is 13. The number of esters is 2.